The van der Waals surface area contributed by atoms with Crippen molar-refractivity contribution in [1.82, 2.24) is 19.7 Å². The zero-order chi connectivity index (χ0) is 13.4. The van der Waals surface area contributed by atoms with Crippen LogP contribution in [0.15, 0.2) is 10.5 Å². The summed E-state index contributed by atoms with van der Waals surface area (Å²) in [4.78, 5) is 8.74. The summed E-state index contributed by atoms with van der Waals surface area (Å²) in [5.74, 6) is 2.13. The second-order valence-corrected chi connectivity index (χ2v) is 5.35. The maximum Gasteiger partial charge on any atom is 0.159 e. The van der Waals surface area contributed by atoms with Gasteiger partial charge in [-0.2, -0.15) is 5.10 Å². The molecule has 96 valence electrons. The van der Waals surface area contributed by atoms with Gasteiger partial charge in [-0.15, -0.1) is 0 Å². The third kappa shape index (κ3) is 2.25. The summed E-state index contributed by atoms with van der Waals surface area (Å²) < 4.78 is 2.77. The van der Waals surface area contributed by atoms with Crippen LogP contribution in [0.25, 0.3) is 5.82 Å². The van der Waals surface area contributed by atoms with Crippen LogP contribution in [0, 0.1) is 13.8 Å². The zero-order valence-corrected chi connectivity index (χ0v) is 12.5. The second kappa shape index (κ2) is 4.68. The Hall–Kier alpha value is -1.43. The van der Waals surface area contributed by atoms with Crippen molar-refractivity contribution >= 4 is 21.7 Å². The van der Waals surface area contributed by atoms with Crippen molar-refractivity contribution in [3.05, 3.63) is 27.8 Å². The van der Waals surface area contributed by atoms with Gasteiger partial charge in [0, 0.05) is 12.0 Å². The van der Waals surface area contributed by atoms with Gasteiger partial charge in [0.1, 0.15) is 11.6 Å². The molecule has 0 saturated heterocycles. The molecule has 0 saturated carbocycles. The Morgan fingerprint density at radius 3 is 2.44 bits per heavy atom. The average molecular weight is 310 g/mol. The molecule has 0 amide bonds. The molecule has 0 aliphatic rings. The number of hydrogen-bond acceptors (Lipinski definition) is 4. The van der Waals surface area contributed by atoms with Crippen LogP contribution >= 0.6 is 15.9 Å². The van der Waals surface area contributed by atoms with Gasteiger partial charge >= 0.3 is 0 Å². The molecule has 18 heavy (non-hydrogen) atoms. The van der Waals surface area contributed by atoms with E-state index in [1.165, 1.54) is 0 Å². The lowest BCUT2D eigenvalue weighted by Crippen LogP contribution is -2.09. The third-order valence-corrected chi connectivity index (χ3v) is 3.83. The van der Waals surface area contributed by atoms with E-state index in [0.29, 0.717) is 11.6 Å². The largest absolute Gasteiger partial charge is 0.384 e. The van der Waals surface area contributed by atoms with E-state index < -0.39 is 0 Å². The van der Waals surface area contributed by atoms with E-state index in [0.717, 1.165) is 21.7 Å². The number of nitrogen functional groups attached to an aromatic ring is 1. The first-order valence-electron chi connectivity index (χ1n) is 5.76. The van der Waals surface area contributed by atoms with Crippen molar-refractivity contribution in [2.75, 3.05) is 5.73 Å². The molecular formula is C12H16BrN5. The molecule has 2 N–H and O–H groups in total. The van der Waals surface area contributed by atoms with Crippen molar-refractivity contribution in [2.24, 2.45) is 0 Å². The van der Waals surface area contributed by atoms with Crippen molar-refractivity contribution in [1.29, 1.82) is 0 Å². The van der Waals surface area contributed by atoms with E-state index in [1.54, 1.807) is 10.7 Å². The average Bonchev–Trinajstić information content (AvgIpc) is 2.56. The van der Waals surface area contributed by atoms with Gasteiger partial charge in [-0.25, -0.2) is 14.6 Å². The predicted octanol–water partition coefficient (Wildman–Crippen LogP) is 2.75. The molecule has 0 spiro atoms. The molecule has 0 unspecified atom stereocenters. The molecular weight excluding hydrogens is 294 g/mol. The minimum atomic E-state index is 0.229. The molecule has 0 aromatic carbocycles. The molecule has 0 fully saturated rings. The van der Waals surface area contributed by atoms with Crippen LogP contribution in [0.2, 0.25) is 0 Å². The van der Waals surface area contributed by atoms with Gasteiger partial charge in [-0.05, 0) is 29.8 Å². The number of aryl methyl sites for hydroxylation is 1. The molecule has 2 aromatic heterocycles. The summed E-state index contributed by atoms with van der Waals surface area (Å²) in [7, 11) is 0. The van der Waals surface area contributed by atoms with Gasteiger partial charge in [-0.3, -0.25) is 0 Å². The second-order valence-electron chi connectivity index (χ2n) is 4.56. The summed E-state index contributed by atoms with van der Waals surface area (Å²) in [5, 5.41) is 4.45. The number of rotatable bonds is 2. The van der Waals surface area contributed by atoms with Crippen molar-refractivity contribution in [2.45, 2.75) is 33.6 Å². The van der Waals surface area contributed by atoms with E-state index in [1.807, 2.05) is 27.7 Å². The highest BCUT2D eigenvalue weighted by Gasteiger charge is 2.14. The minimum Gasteiger partial charge on any atom is -0.384 e. The third-order valence-electron chi connectivity index (χ3n) is 2.69. The lowest BCUT2D eigenvalue weighted by molar-refractivity contribution is 0.738. The Morgan fingerprint density at radius 1 is 1.28 bits per heavy atom. The number of halogens is 1. The van der Waals surface area contributed by atoms with Crippen LogP contribution in [0.3, 0.4) is 0 Å². The SMILES string of the molecule is Cc1nn(-c2cc(N)nc(C(C)C)n2)c(C)c1Br. The van der Waals surface area contributed by atoms with E-state index in [2.05, 4.69) is 31.0 Å². The Labute approximate surface area is 115 Å². The predicted molar refractivity (Wildman–Crippen MR) is 74.8 cm³/mol. The van der Waals surface area contributed by atoms with Crippen LogP contribution in [-0.2, 0) is 0 Å². The highest BCUT2D eigenvalue weighted by molar-refractivity contribution is 9.10. The zero-order valence-electron chi connectivity index (χ0n) is 10.9. The normalized spacial score (nSPS) is 11.2. The number of nitrogens with zero attached hydrogens (tertiary/aromatic N) is 4. The Balaban J connectivity index is 2.60. The van der Waals surface area contributed by atoms with E-state index >= 15 is 0 Å². The van der Waals surface area contributed by atoms with Crippen molar-refractivity contribution < 1.29 is 0 Å². The Morgan fingerprint density at radius 2 is 1.94 bits per heavy atom. The standard InChI is InChI=1S/C12H16BrN5/c1-6(2)12-15-9(14)5-10(16-12)18-8(4)11(13)7(3)17-18/h5-6H,1-4H3,(H2,14,15,16). The van der Waals surface area contributed by atoms with Gasteiger partial charge in [0.2, 0.25) is 0 Å². The van der Waals surface area contributed by atoms with E-state index in [9.17, 15) is 0 Å². The molecule has 5 nitrogen and oxygen atoms in total. The van der Waals surface area contributed by atoms with Gasteiger partial charge in [0.25, 0.3) is 0 Å². The number of anilines is 1. The molecule has 0 radical (unpaired) electrons. The number of aromatic nitrogens is 4. The number of hydrogen-bond donors (Lipinski definition) is 1. The first kappa shape index (κ1) is 13.0. The quantitative estimate of drug-likeness (QED) is 0.926. The highest BCUT2D eigenvalue weighted by atomic mass is 79.9. The maximum absolute atomic E-state index is 5.83. The molecule has 0 aliphatic heterocycles. The molecule has 0 aliphatic carbocycles. The summed E-state index contributed by atoms with van der Waals surface area (Å²) in [6.07, 6.45) is 0. The topological polar surface area (TPSA) is 69.6 Å². The molecule has 0 bridgehead atoms. The fourth-order valence-electron chi connectivity index (χ4n) is 1.68. The maximum atomic E-state index is 5.83. The van der Waals surface area contributed by atoms with Crippen LogP contribution in [0.1, 0.15) is 37.0 Å². The van der Waals surface area contributed by atoms with Crippen LogP contribution < -0.4 is 5.73 Å². The number of nitrogens with two attached hydrogens (primary N) is 1. The van der Waals surface area contributed by atoms with Crippen LogP contribution in [0.5, 0.6) is 0 Å². The molecule has 0 atom stereocenters. The molecule has 2 heterocycles. The summed E-state index contributed by atoms with van der Waals surface area (Å²) >= 11 is 3.51. The fourth-order valence-corrected chi connectivity index (χ4v) is 1.93. The molecule has 2 aromatic rings. The van der Waals surface area contributed by atoms with Crippen molar-refractivity contribution in [3.63, 3.8) is 0 Å². The summed E-state index contributed by atoms with van der Waals surface area (Å²) in [6, 6.07) is 1.73. The lowest BCUT2D eigenvalue weighted by Gasteiger charge is -2.09. The molecule has 2 rings (SSSR count). The fraction of sp³-hybridized carbons (Fsp3) is 0.417. The van der Waals surface area contributed by atoms with Gasteiger partial charge in [0.05, 0.1) is 15.9 Å². The van der Waals surface area contributed by atoms with Crippen molar-refractivity contribution in [3.8, 4) is 5.82 Å². The van der Waals surface area contributed by atoms with E-state index in [4.69, 9.17) is 5.73 Å². The van der Waals surface area contributed by atoms with Gasteiger partial charge < -0.3 is 5.73 Å². The summed E-state index contributed by atoms with van der Waals surface area (Å²) in [6.45, 7) is 8.00. The highest BCUT2D eigenvalue weighted by Crippen LogP contribution is 2.23. The Kier molecular flexibility index (Phi) is 3.38. The van der Waals surface area contributed by atoms with Gasteiger partial charge in [-0.1, -0.05) is 13.8 Å². The van der Waals surface area contributed by atoms with Gasteiger partial charge in [0.15, 0.2) is 5.82 Å². The Bertz CT molecular complexity index is 588. The minimum absolute atomic E-state index is 0.229. The monoisotopic (exact) mass is 309 g/mol. The van der Waals surface area contributed by atoms with Crippen LogP contribution in [0.4, 0.5) is 5.82 Å². The van der Waals surface area contributed by atoms with Crippen LogP contribution in [-0.4, -0.2) is 19.7 Å². The lowest BCUT2D eigenvalue weighted by atomic mass is 10.2. The first-order valence-corrected chi connectivity index (χ1v) is 6.56. The first-order chi connectivity index (χ1) is 8.40. The smallest absolute Gasteiger partial charge is 0.159 e. The summed E-state index contributed by atoms with van der Waals surface area (Å²) in [5.41, 5.74) is 7.75. The molecule has 6 heteroatoms. The van der Waals surface area contributed by atoms with E-state index in [-0.39, 0.29) is 5.92 Å².